The number of carboxylic acids is 1. The number of halogens is 1. The molecule has 1 aromatic carbocycles. The Kier molecular flexibility index (Phi) is 8.71. The van der Waals surface area contributed by atoms with Gasteiger partial charge in [0.05, 0.1) is 19.1 Å². The summed E-state index contributed by atoms with van der Waals surface area (Å²) >= 11 is -1.49. The number of nitrogens with one attached hydrogen (secondary N) is 2. The SMILES string of the molecule is O=C(O)C[C@@H](N[S+]([O-])CCCCCN1CC(=O)NC1=O)c1ccc(F)c(OCC2CC2)c1. The number of carbonyl (C=O) groups excluding carboxylic acids is 2. The summed E-state index contributed by atoms with van der Waals surface area (Å²) in [5.41, 5.74) is 0.498. The van der Waals surface area contributed by atoms with Crippen molar-refractivity contribution < 1.29 is 33.2 Å². The van der Waals surface area contributed by atoms with E-state index in [-0.39, 0.29) is 24.6 Å². The number of hydrogen-bond acceptors (Lipinski definition) is 6. The Bertz CT molecular complexity index is 838. The Morgan fingerprint density at radius 3 is 2.78 bits per heavy atom. The topological polar surface area (TPSA) is 131 Å². The van der Waals surface area contributed by atoms with Crippen LogP contribution in [0.25, 0.3) is 0 Å². The number of benzene rings is 1. The highest BCUT2D eigenvalue weighted by atomic mass is 32.2. The minimum atomic E-state index is -1.49. The van der Waals surface area contributed by atoms with Crippen LogP contribution in [0.3, 0.4) is 0 Å². The molecule has 0 aromatic heterocycles. The van der Waals surface area contributed by atoms with Crippen molar-refractivity contribution >= 4 is 29.3 Å². The van der Waals surface area contributed by atoms with Crippen LogP contribution in [0.2, 0.25) is 0 Å². The molecular weight excluding hydrogens is 441 g/mol. The first kappa shape index (κ1) is 24.3. The van der Waals surface area contributed by atoms with Crippen molar-refractivity contribution in [1.29, 1.82) is 0 Å². The molecule has 3 amide bonds. The molecule has 2 aliphatic rings. The standard InChI is InChI=1S/C21H28FN3O6S/c22-16-7-6-15(10-18(16)31-13-14-4-5-14)17(11-20(27)28)24-32(30)9-3-1-2-8-25-12-19(26)23-21(25)29/h6-7,10,14,17,24H,1-5,8-9,11-13H2,(H,27,28)(H,23,26,29)/t17-,32?/m1/s1. The molecule has 3 N–H and O–H groups in total. The molecule has 0 radical (unpaired) electrons. The zero-order chi connectivity index (χ0) is 23.1. The van der Waals surface area contributed by atoms with E-state index in [0.29, 0.717) is 49.6 Å². The largest absolute Gasteiger partial charge is 0.598 e. The van der Waals surface area contributed by atoms with Gasteiger partial charge in [0, 0.05) is 17.9 Å². The Morgan fingerprint density at radius 1 is 1.34 bits per heavy atom. The van der Waals surface area contributed by atoms with E-state index < -0.39 is 35.2 Å². The minimum absolute atomic E-state index is 0.0627. The van der Waals surface area contributed by atoms with E-state index in [1.54, 1.807) is 0 Å². The predicted octanol–water partition coefficient (Wildman–Crippen LogP) is 2.11. The first-order valence-corrected chi connectivity index (χ1v) is 12.0. The number of urea groups is 1. The van der Waals surface area contributed by atoms with Gasteiger partial charge in [0.15, 0.2) is 11.6 Å². The highest BCUT2D eigenvalue weighted by Crippen LogP contribution is 2.31. The highest BCUT2D eigenvalue weighted by molar-refractivity contribution is 7.89. The zero-order valence-corrected chi connectivity index (χ0v) is 18.5. The highest BCUT2D eigenvalue weighted by Gasteiger charge is 2.26. The second-order valence-electron chi connectivity index (χ2n) is 8.10. The van der Waals surface area contributed by atoms with Crippen LogP contribution < -0.4 is 14.8 Å². The zero-order valence-electron chi connectivity index (χ0n) is 17.7. The molecule has 2 fully saturated rings. The van der Waals surface area contributed by atoms with E-state index in [4.69, 9.17) is 4.74 Å². The molecule has 9 nitrogen and oxygen atoms in total. The molecule has 3 rings (SSSR count). The number of nitrogens with zero attached hydrogens (tertiary/aromatic N) is 1. The van der Waals surface area contributed by atoms with Gasteiger partial charge < -0.3 is 19.3 Å². The molecule has 1 aliphatic carbocycles. The lowest BCUT2D eigenvalue weighted by Gasteiger charge is -2.20. The fraction of sp³-hybridized carbons (Fsp3) is 0.571. The smallest absolute Gasteiger partial charge is 0.324 e. The average molecular weight is 470 g/mol. The third-order valence-corrected chi connectivity index (χ3v) is 6.51. The van der Waals surface area contributed by atoms with Crippen molar-refractivity contribution in [2.45, 2.75) is 44.6 Å². The van der Waals surface area contributed by atoms with Crippen LogP contribution in [0.4, 0.5) is 9.18 Å². The van der Waals surface area contributed by atoms with E-state index in [0.717, 1.165) is 12.8 Å². The lowest BCUT2D eigenvalue weighted by molar-refractivity contribution is -0.137. The molecule has 1 saturated carbocycles. The Hall–Kier alpha value is -2.37. The van der Waals surface area contributed by atoms with Gasteiger partial charge in [-0.2, -0.15) is 0 Å². The van der Waals surface area contributed by atoms with Gasteiger partial charge in [-0.05, 0) is 55.7 Å². The van der Waals surface area contributed by atoms with Crippen LogP contribution in [-0.2, 0) is 21.0 Å². The fourth-order valence-electron chi connectivity index (χ4n) is 3.34. The lowest BCUT2D eigenvalue weighted by atomic mass is 10.0. The molecule has 2 atom stereocenters. The normalized spacial score (nSPS) is 17.9. The average Bonchev–Trinajstić information content (AvgIpc) is 3.50. The van der Waals surface area contributed by atoms with Crippen LogP contribution in [0, 0.1) is 11.7 Å². The summed E-state index contributed by atoms with van der Waals surface area (Å²) in [6.45, 7) is 0.933. The van der Waals surface area contributed by atoms with Crippen LogP contribution >= 0.6 is 0 Å². The molecule has 0 bridgehead atoms. The van der Waals surface area contributed by atoms with E-state index in [1.165, 1.54) is 23.1 Å². The maximum atomic E-state index is 14.1. The summed E-state index contributed by atoms with van der Waals surface area (Å²) in [5.74, 6) is -1.08. The number of unbranched alkanes of at least 4 members (excludes halogenated alkanes) is 2. The summed E-state index contributed by atoms with van der Waals surface area (Å²) in [7, 11) is 0. The van der Waals surface area contributed by atoms with E-state index >= 15 is 0 Å². The van der Waals surface area contributed by atoms with Gasteiger partial charge in [-0.1, -0.05) is 6.07 Å². The molecule has 1 heterocycles. The fourth-order valence-corrected chi connectivity index (χ4v) is 4.46. The van der Waals surface area contributed by atoms with Gasteiger partial charge >= 0.3 is 12.0 Å². The first-order valence-electron chi connectivity index (χ1n) is 10.7. The number of carbonyl (C=O) groups is 3. The second kappa shape index (κ2) is 11.5. The lowest BCUT2D eigenvalue weighted by Crippen LogP contribution is -2.32. The van der Waals surface area contributed by atoms with Crippen molar-refractivity contribution in [3.63, 3.8) is 0 Å². The van der Waals surface area contributed by atoms with Gasteiger partial charge in [0.1, 0.15) is 12.3 Å². The monoisotopic (exact) mass is 469 g/mol. The van der Waals surface area contributed by atoms with Crippen LogP contribution in [0.15, 0.2) is 18.2 Å². The summed E-state index contributed by atoms with van der Waals surface area (Å²) in [5, 5.41) is 11.5. The number of hydrogen-bond donors (Lipinski definition) is 3. The Labute approximate surface area is 189 Å². The Morgan fingerprint density at radius 2 is 2.12 bits per heavy atom. The molecule has 1 saturated heterocycles. The van der Waals surface area contributed by atoms with Gasteiger partial charge in [-0.15, -0.1) is 4.72 Å². The molecule has 0 spiro atoms. The number of imide groups is 1. The third kappa shape index (κ3) is 7.64. The number of carboxylic acid groups (broad SMARTS) is 1. The number of amides is 3. The van der Waals surface area contributed by atoms with Gasteiger partial charge in [0.2, 0.25) is 5.91 Å². The van der Waals surface area contributed by atoms with E-state index in [9.17, 15) is 28.4 Å². The maximum Gasteiger partial charge on any atom is 0.324 e. The minimum Gasteiger partial charge on any atom is -0.598 e. The molecule has 11 heteroatoms. The maximum absolute atomic E-state index is 14.1. The van der Waals surface area contributed by atoms with E-state index in [2.05, 4.69) is 10.0 Å². The molecule has 1 aromatic rings. The molecular formula is C21H28FN3O6S. The summed E-state index contributed by atoms with van der Waals surface area (Å²) in [6.07, 6.45) is 3.78. The molecule has 1 unspecified atom stereocenters. The van der Waals surface area contributed by atoms with Crippen LogP contribution in [0.5, 0.6) is 5.75 Å². The van der Waals surface area contributed by atoms with Gasteiger partial charge in [-0.3, -0.25) is 14.9 Å². The molecule has 32 heavy (non-hydrogen) atoms. The predicted molar refractivity (Wildman–Crippen MR) is 115 cm³/mol. The van der Waals surface area contributed by atoms with Crippen molar-refractivity contribution in [2.24, 2.45) is 5.92 Å². The third-order valence-electron chi connectivity index (χ3n) is 5.31. The number of aliphatic carboxylic acids is 1. The number of ether oxygens (including phenoxy) is 1. The first-order chi connectivity index (χ1) is 15.3. The molecule has 1 aliphatic heterocycles. The van der Waals surface area contributed by atoms with Crippen molar-refractivity contribution in [2.75, 3.05) is 25.4 Å². The number of rotatable bonds is 14. The van der Waals surface area contributed by atoms with E-state index in [1.807, 2.05) is 0 Å². The summed E-state index contributed by atoms with van der Waals surface area (Å²) < 4.78 is 34.9. The van der Waals surface area contributed by atoms with Gasteiger partial charge in [-0.25, -0.2) is 9.18 Å². The second-order valence-corrected chi connectivity index (χ2v) is 9.43. The van der Waals surface area contributed by atoms with Crippen molar-refractivity contribution in [3.8, 4) is 5.75 Å². The quantitative estimate of drug-likeness (QED) is 0.216. The summed E-state index contributed by atoms with van der Waals surface area (Å²) in [6, 6.07) is 3.03. The Balaban J connectivity index is 1.46. The van der Waals surface area contributed by atoms with Crippen molar-refractivity contribution in [1.82, 2.24) is 14.9 Å². The van der Waals surface area contributed by atoms with Gasteiger partial charge in [0.25, 0.3) is 0 Å². The van der Waals surface area contributed by atoms with Crippen molar-refractivity contribution in [3.05, 3.63) is 29.6 Å². The summed E-state index contributed by atoms with van der Waals surface area (Å²) in [4.78, 5) is 35.4. The molecule has 176 valence electrons. The van der Waals surface area contributed by atoms with Crippen LogP contribution in [-0.4, -0.2) is 57.9 Å². The van der Waals surface area contributed by atoms with Crippen LogP contribution in [0.1, 0.15) is 50.1 Å².